The molecule has 1 atom stereocenters. The molecule has 0 saturated heterocycles. The molecule has 5 nitrogen and oxygen atoms in total. The van der Waals surface area contributed by atoms with Gasteiger partial charge in [0.05, 0.1) is 33.5 Å². The van der Waals surface area contributed by atoms with Crippen molar-refractivity contribution in [2.45, 2.75) is 20.3 Å². The molecule has 1 aliphatic rings. The normalized spacial score (nSPS) is 14.9. The molecule has 0 radical (unpaired) electrons. The first-order valence-electron chi connectivity index (χ1n) is 18.1. The van der Waals surface area contributed by atoms with E-state index < -0.39 is 0 Å². The fraction of sp³-hybridized carbons (Fsp3) is 0.0833. The number of para-hydroxylation sites is 3. The monoisotopic (exact) mass is 683 g/mol. The molecule has 1 unspecified atom stereocenters. The van der Waals surface area contributed by atoms with E-state index in [0.29, 0.717) is 11.7 Å². The van der Waals surface area contributed by atoms with Crippen LogP contribution in [0.1, 0.15) is 31.9 Å². The van der Waals surface area contributed by atoms with Gasteiger partial charge in [-0.1, -0.05) is 135 Å². The molecule has 8 aromatic rings. The van der Waals surface area contributed by atoms with Crippen LogP contribution in [0.25, 0.3) is 83.0 Å². The summed E-state index contributed by atoms with van der Waals surface area (Å²) in [6.45, 7) is 8.09. The second-order valence-electron chi connectivity index (χ2n) is 13.5. The van der Waals surface area contributed by atoms with E-state index >= 15 is 0 Å². The summed E-state index contributed by atoms with van der Waals surface area (Å²) in [5.41, 5.74) is 11.0. The SMILES string of the molecule is C=C/C=C\C(=C/C)c1nc(-c2ccc3c4ccc(-c5nc(C6=CCC(C)C=C6)nc6ccccc56)cc4n(-c4ccccc4)c3c2)c2ccccc2n1. The van der Waals surface area contributed by atoms with Gasteiger partial charge in [-0.2, -0.15) is 0 Å². The van der Waals surface area contributed by atoms with Crippen LogP contribution in [-0.2, 0) is 0 Å². The zero-order valence-corrected chi connectivity index (χ0v) is 29.7. The van der Waals surface area contributed by atoms with E-state index in [2.05, 4.69) is 133 Å². The summed E-state index contributed by atoms with van der Waals surface area (Å²) < 4.78 is 2.37. The minimum Gasteiger partial charge on any atom is -0.309 e. The second kappa shape index (κ2) is 13.4. The summed E-state index contributed by atoms with van der Waals surface area (Å²) in [7, 11) is 0. The first kappa shape index (κ1) is 32.2. The predicted molar refractivity (Wildman–Crippen MR) is 222 cm³/mol. The van der Waals surface area contributed by atoms with Gasteiger partial charge in [0.2, 0.25) is 0 Å². The van der Waals surface area contributed by atoms with Crippen molar-refractivity contribution in [3.8, 4) is 28.2 Å². The molecule has 254 valence electrons. The highest BCUT2D eigenvalue weighted by molar-refractivity contribution is 6.12. The molecule has 0 fully saturated rings. The second-order valence-corrected chi connectivity index (χ2v) is 13.5. The Balaban J connectivity index is 1.28. The van der Waals surface area contributed by atoms with E-state index in [9.17, 15) is 0 Å². The van der Waals surface area contributed by atoms with Crippen LogP contribution in [0, 0.1) is 5.92 Å². The average Bonchev–Trinajstić information content (AvgIpc) is 3.54. The maximum absolute atomic E-state index is 5.24. The quantitative estimate of drug-likeness (QED) is 0.157. The van der Waals surface area contributed by atoms with Gasteiger partial charge in [-0.05, 0) is 55.7 Å². The van der Waals surface area contributed by atoms with Gasteiger partial charge >= 0.3 is 0 Å². The summed E-state index contributed by atoms with van der Waals surface area (Å²) in [4.78, 5) is 20.4. The van der Waals surface area contributed by atoms with E-state index in [1.165, 1.54) is 10.8 Å². The Kier molecular flexibility index (Phi) is 8.17. The molecule has 0 saturated carbocycles. The highest BCUT2D eigenvalue weighted by Crippen LogP contribution is 2.39. The van der Waals surface area contributed by atoms with Crippen LogP contribution in [0.4, 0.5) is 0 Å². The minimum atomic E-state index is 0.516. The molecule has 0 N–H and O–H groups in total. The summed E-state index contributed by atoms with van der Waals surface area (Å²) in [6.07, 6.45) is 15.4. The van der Waals surface area contributed by atoms with Crippen molar-refractivity contribution in [3.05, 3.63) is 176 Å². The Morgan fingerprint density at radius 3 is 1.94 bits per heavy atom. The van der Waals surface area contributed by atoms with Crippen LogP contribution >= 0.6 is 0 Å². The summed E-state index contributed by atoms with van der Waals surface area (Å²) in [5, 5.41) is 4.38. The molecule has 0 amide bonds. The van der Waals surface area contributed by atoms with Gasteiger partial charge in [-0.3, -0.25) is 0 Å². The zero-order chi connectivity index (χ0) is 35.9. The van der Waals surface area contributed by atoms with Crippen molar-refractivity contribution in [1.82, 2.24) is 24.5 Å². The van der Waals surface area contributed by atoms with Crippen LogP contribution in [0.15, 0.2) is 164 Å². The van der Waals surface area contributed by atoms with Gasteiger partial charge < -0.3 is 4.57 Å². The standard InChI is InChI=1S/C48H37N5/c1-4-6-14-32(5-2)47-49-41-19-12-10-17-39(41)45(51-47)34-25-27-37-38-28-26-35(30-44(38)53(43(37)29-34)36-15-8-7-9-16-36)46-40-18-11-13-20-42(40)50-48(52-46)33-23-21-31(3)22-24-33/h4-21,23-31H,1,22H2,2-3H3/b14-6-,32-5+. The van der Waals surface area contributed by atoms with Crippen LogP contribution in [0.3, 0.4) is 0 Å². The van der Waals surface area contributed by atoms with Crippen LogP contribution in [0.2, 0.25) is 0 Å². The average molecular weight is 684 g/mol. The number of hydrogen-bond acceptors (Lipinski definition) is 4. The topological polar surface area (TPSA) is 56.5 Å². The lowest BCUT2D eigenvalue weighted by Gasteiger charge is -2.14. The number of fused-ring (bicyclic) bond motifs is 5. The zero-order valence-electron chi connectivity index (χ0n) is 29.7. The van der Waals surface area contributed by atoms with Gasteiger partial charge in [0.25, 0.3) is 0 Å². The third kappa shape index (κ3) is 5.77. The van der Waals surface area contributed by atoms with E-state index in [0.717, 1.165) is 84.4 Å². The number of hydrogen-bond donors (Lipinski definition) is 0. The smallest absolute Gasteiger partial charge is 0.160 e. The number of allylic oxidation sites excluding steroid dienone is 9. The maximum Gasteiger partial charge on any atom is 0.160 e. The van der Waals surface area contributed by atoms with Crippen LogP contribution in [-0.4, -0.2) is 24.5 Å². The molecule has 0 spiro atoms. The lowest BCUT2D eigenvalue weighted by Crippen LogP contribution is -2.01. The van der Waals surface area contributed by atoms with Crippen molar-refractivity contribution in [2.24, 2.45) is 5.92 Å². The highest BCUT2D eigenvalue weighted by Gasteiger charge is 2.19. The number of benzene rings is 5. The Bertz CT molecular complexity index is 2850. The van der Waals surface area contributed by atoms with Gasteiger partial charge in [-0.15, -0.1) is 0 Å². The molecular formula is C48H37N5. The summed E-state index contributed by atoms with van der Waals surface area (Å²) in [6, 6.07) is 40.6. The molecule has 3 aromatic heterocycles. The molecule has 9 rings (SSSR count). The third-order valence-corrected chi connectivity index (χ3v) is 10.1. The van der Waals surface area contributed by atoms with Crippen LogP contribution < -0.4 is 0 Å². The molecule has 0 aliphatic heterocycles. The summed E-state index contributed by atoms with van der Waals surface area (Å²) >= 11 is 0. The first-order chi connectivity index (χ1) is 26.1. The number of aromatic nitrogens is 5. The van der Waals surface area contributed by atoms with Gasteiger partial charge in [-0.25, -0.2) is 19.9 Å². The highest BCUT2D eigenvalue weighted by atomic mass is 15.0. The Hall–Kier alpha value is -6.72. The largest absolute Gasteiger partial charge is 0.309 e. The van der Waals surface area contributed by atoms with Crippen molar-refractivity contribution in [3.63, 3.8) is 0 Å². The van der Waals surface area contributed by atoms with E-state index in [1.807, 2.05) is 43.4 Å². The lowest BCUT2D eigenvalue weighted by atomic mass is 9.97. The molecule has 1 aliphatic carbocycles. The fourth-order valence-electron chi connectivity index (χ4n) is 7.38. The van der Waals surface area contributed by atoms with Crippen molar-refractivity contribution < 1.29 is 0 Å². The number of nitrogens with zero attached hydrogens (tertiary/aromatic N) is 5. The van der Waals surface area contributed by atoms with Crippen molar-refractivity contribution in [1.29, 1.82) is 0 Å². The van der Waals surface area contributed by atoms with Gasteiger partial charge in [0, 0.05) is 49.5 Å². The van der Waals surface area contributed by atoms with E-state index in [4.69, 9.17) is 19.9 Å². The van der Waals surface area contributed by atoms with E-state index in [-0.39, 0.29) is 0 Å². The Morgan fingerprint density at radius 1 is 0.698 bits per heavy atom. The molecule has 0 bridgehead atoms. The Morgan fingerprint density at radius 2 is 1.32 bits per heavy atom. The molecule has 5 heteroatoms. The molecule has 5 aromatic carbocycles. The molecular weight excluding hydrogens is 647 g/mol. The van der Waals surface area contributed by atoms with Gasteiger partial charge in [0.1, 0.15) is 0 Å². The maximum atomic E-state index is 5.24. The first-order valence-corrected chi connectivity index (χ1v) is 18.1. The predicted octanol–water partition coefficient (Wildman–Crippen LogP) is 12.1. The third-order valence-electron chi connectivity index (χ3n) is 10.1. The minimum absolute atomic E-state index is 0.516. The van der Waals surface area contributed by atoms with E-state index in [1.54, 1.807) is 6.08 Å². The Labute approximate surface area is 308 Å². The fourth-order valence-corrected chi connectivity index (χ4v) is 7.38. The summed E-state index contributed by atoms with van der Waals surface area (Å²) in [5.74, 6) is 1.95. The van der Waals surface area contributed by atoms with Crippen molar-refractivity contribution >= 4 is 54.8 Å². The van der Waals surface area contributed by atoms with Gasteiger partial charge in [0.15, 0.2) is 11.6 Å². The number of rotatable bonds is 7. The lowest BCUT2D eigenvalue weighted by molar-refractivity contribution is 0.738. The molecule has 3 heterocycles. The molecule has 53 heavy (non-hydrogen) atoms. The van der Waals surface area contributed by atoms with Crippen LogP contribution in [0.5, 0.6) is 0 Å². The van der Waals surface area contributed by atoms with Crippen molar-refractivity contribution in [2.75, 3.05) is 0 Å².